The minimum absolute atomic E-state index is 0.128. The van der Waals surface area contributed by atoms with Gasteiger partial charge in [0.15, 0.2) is 0 Å². The Hall–Kier alpha value is -1.10. The summed E-state index contributed by atoms with van der Waals surface area (Å²) in [6.07, 6.45) is 0.128. The Morgan fingerprint density at radius 3 is 2.33 bits per heavy atom. The van der Waals surface area contributed by atoms with E-state index in [0.29, 0.717) is 0 Å². The van der Waals surface area contributed by atoms with E-state index < -0.39 is 11.9 Å². The van der Waals surface area contributed by atoms with E-state index in [0.717, 1.165) is 0 Å². The zero-order valence-electron chi connectivity index (χ0n) is 4.89. The summed E-state index contributed by atoms with van der Waals surface area (Å²) in [5, 5.41) is 1.86. The molecule has 0 aliphatic rings. The lowest BCUT2D eigenvalue weighted by atomic mass is 10.4. The summed E-state index contributed by atoms with van der Waals surface area (Å²) in [6, 6.07) is -0.839. The quantitative estimate of drug-likeness (QED) is 0.426. The first-order valence-electron chi connectivity index (χ1n) is 2.46. The molecule has 0 saturated heterocycles. The van der Waals surface area contributed by atoms with Crippen molar-refractivity contribution in [1.82, 2.24) is 5.32 Å². The summed E-state index contributed by atoms with van der Waals surface area (Å²) in [7, 11) is 0. The van der Waals surface area contributed by atoms with Gasteiger partial charge in [0, 0.05) is 13.0 Å². The molecule has 0 aromatic carbocycles. The minimum atomic E-state index is -0.839. The molecule has 0 heterocycles. The summed E-state index contributed by atoms with van der Waals surface area (Å²) in [5.41, 5.74) is 9.60. The van der Waals surface area contributed by atoms with Crippen molar-refractivity contribution in [2.45, 2.75) is 6.42 Å². The molecule has 0 aliphatic heterocycles. The third kappa shape index (κ3) is 4.76. The zero-order valence-corrected chi connectivity index (χ0v) is 4.89. The van der Waals surface area contributed by atoms with Crippen molar-refractivity contribution in [3.63, 3.8) is 0 Å². The molecule has 5 nitrogen and oxygen atoms in total. The zero-order chi connectivity index (χ0) is 7.28. The highest BCUT2D eigenvalue weighted by atomic mass is 16.2. The number of rotatable bonds is 2. The summed E-state index contributed by atoms with van der Waals surface area (Å²) >= 11 is 0. The largest absolute Gasteiger partial charge is 0.351 e. The number of nitrogens with one attached hydrogen (secondary N) is 1. The van der Waals surface area contributed by atoms with Crippen LogP contribution >= 0.6 is 0 Å². The topological polar surface area (TPSA) is 98.2 Å². The lowest BCUT2D eigenvalue weighted by molar-refractivity contribution is -0.119. The molecule has 3 amide bonds. The molecule has 5 N–H and O–H groups in total. The van der Waals surface area contributed by atoms with Gasteiger partial charge in [0.2, 0.25) is 5.91 Å². The lowest BCUT2D eigenvalue weighted by Gasteiger charge is -1.95. The SMILES string of the molecule is NCCC(=O)NC(N)=O. The number of hydrogen-bond donors (Lipinski definition) is 3. The summed E-state index contributed by atoms with van der Waals surface area (Å²) in [6.45, 7) is 0.221. The fraction of sp³-hybridized carbons (Fsp3) is 0.500. The van der Waals surface area contributed by atoms with E-state index in [2.05, 4.69) is 5.73 Å². The molecular formula is C4H9N3O2. The van der Waals surface area contributed by atoms with Crippen LogP contribution in [0.3, 0.4) is 0 Å². The van der Waals surface area contributed by atoms with Gasteiger partial charge in [-0.3, -0.25) is 10.1 Å². The third-order valence-electron chi connectivity index (χ3n) is 0.634. The molecular weight excluding hydrogens is 122 g/mol. The fourth-order valence-electron chi connectivity index (χ4n) is 0.331. The van der Waals surface area contributed by atoms with E-state index >= 15 is 0 Å². The highest BCUT2D eigenvalue weighted by molar-refractivity contribution is 5.93. The van der Waals surface area contributed by atoms with Crippen LogP contribution in [0, 0.1) is 0 Å². The van der Waals surface area contributed by atoms with Gasteiger partial charge < -0.3 is 11.5 Å². The molecule has 0 aliphatic carbocycles. The molecule has 0 fully saturated rings. The molecule has 52 valence electrons. The standard InChI is InChI=1S/C4H9N3O2/c5-2-1-3(8)7-4(6)9/h1-2,5H2,(H3,6,7,8,9). The van der Waals surface area contributed by atoms with E-state index in [1.807, 2.05) is 5.32 Å². The summed E-state index contributed by atoms with van der Waals surface area (Å²) in [5.74, 6) is -0.440. The Bertz CT molecular complexity index is 123. The second kappa shape index (κ2) is 3.85. The Kier molecular flexibility index (Phi) is 3.38. The average molecular weight is 131 g/mol. The lowest BCUT2D eigenvalue weighted by Crippen LogP contribution is -2.35. The average Bonchev–Trinajstić information content (AvgIpc) is 1.63. The van der Waals surface area contributed by atoms with Crippen LogP contribution in [-0.2, 0) is 4.79 Å². The van der Waals surface area contributed by atoms with Gasteiger partial charge in [-0.2, -0.15) is 0 Å². The van der Waals surface area contributed by atoms with Crippen molar-refractivity contribution in [2.75, 3.05) is 6.54 Å². The number of primary amides is 1. The number of hydrogen-bond acceptors (Lipinski definition) is 3. The number of carbonyl (C=O) groups is 2. The van der Waals surface area contributed by atoms with Gasteiger partial charge in [-0.15, -0.1) is 0 Å². The second-order valence-electron chi connectivity index (χ2n) is 1.45. The molecule has 0 rings (SSSR count). The number of imide groups is 1. The molecule has 0 aromatic heterocycles. The first kappa shape index (κ1) is 7.90. The maximum absolute atomic E-state index is 10.4. The number of amides is 3. The maximum Gasteiger partial charge on any atom is 0.318 e. The summed E-state index contributed by atoms with van der Waals surface area (Å²) < 4.78 is 0. The molecule has 0 aromatic rings. The Balaban J connectivity index is 3.39. The normalized spacial score (nSPS) is 8.56. The smallest absolute Gasteiger partial charge is 0.318 e. The molecule has 0 unspecified atom stereocenters. The first-order valence-corrected chi connectivity index (χ1v) is 2.46. The second-order valence-corrected chi connectivity index (χ2v) is 1.45. The highest BCUT2D eigenvalue weighted by Gasteiger charge is 1.99. The van der Waals surface area contributed by atoms with Crippen LogP contribution in [0.15, 0.2) is 0 Å². The van der Waals surface area contributed by atoms with Gasteiger partial charge >= 0.3 is 6.03 Å². The molecule has 9 heavy (non-hydrogen) atoms. The monoisotopic (exact) mass is 131 g/mol. The fourth-order valence-corrected chi connectivity index (χ4v) is 0.331. The van der Waals surface area contributed by atoms with Crippen LogP contribution in [0.25, 0.3) is 0 Å². The molecule has 5 heteroatoms. The van der Waals surface area contributed by atoms with Crippen LogP contribution in [0.5, 0.6) is 0 Å². The molecule has 0 radical (unpaired) electrons. The first-order chi connectivity index (χ1) is 4.16. The van der Waals surface area contributed by atoms with Gasteiger partial charge in [0.25, 0.3) is 0 Å². The van der Waals surface area contributed by atoms with Crippen molar-refractivity contribution in [1.29, 1.82) is 0 Å². The molecule has 0 saturated carbocycles. The Labute approximate surface area is 52.4 Å². The minimum Gasteiger partial charge on any atom is -0.351 e. The Morgan fingerprint density at radius 1 is 1.44 bits per heavy atom. The van der Waals surface area contributed by atoms with Crippen LogP contribution in [0.1, 0.15) is 6.42 Å². The number of carbonyl (C=O) groups excluding carboxylic acids is 2. The van der Waals surface area contributed by atoms with Crippen LogP contribution in [-0.4, -0.2) is 18.5 Å². The van der Waals surface area contributed by atoms with Gasteiger partial charge in [-0.1, -0.05) is 0 Å². The van der Waals surface area contributed by atoms with Crippen molar-refractivity contribution in [2.24, 2.45) is 11.5 Å². The van der Waals surface area contributed by atoms with E-state index in [4.69, 9.17) is 5.73 Å². The maximum atomic E-state index is 10.4. The molecule has 0 atom stereocenters. The van der Waals surface area contributed by atoms with Crippen molar-refractivity contribution in [3.05, 3.63) is 0 Å². The van der Waals surface area contributed by atoms with E-state index in [-0.39, 0.29) is 13.0 Å². The number of nitrogens with two attached hydrogens (primary N) is 2. The van der Waals surface area contributed by atoms with E-state index in [1.165, 1.54) is 0 Å². The molecule has 0 bridgehead atoms. The number of urea groups is 1. The van der Waals surface area contributed by atoms with Crippen molar-refractivity contribution < 1.29 is 9.59 Å². The predicted octanol–water partition coefficient (Wildman–Crippen LogP) is -1.47. The van der Waals surface area contributed by atoms with Gasteiger partial charge in [-0.05, 0) is 0 Å². The summed E-state index contributed by atoms with van der Waals surface area (Å²) in [4.78, 5) is 20.3. The predicted molar refractivity (Wildman–Crippen MR) is 31.4 cm³/mol. The van der Waals surface area contributed by atoms with E-state index in [9.17, 15) is 9.59 Å². The Morgan fingerprint density at radius 2 is 2.00 bits per heavy atom. The van der Waals surface area contributed by atoms with E-state index in [1.54, 1.807) is 0 Å². The molecule has 0 spiro atoms. The third-order valence-corrected chi connectivity index (χ3v) is 0.634. The van der Waals surface area contributed by atoms with Gasteiger partial charge in [-0.25, -0.2) is 4.79 Å². The van der Waals surface area contributed by atoms with Crippen LogP contribution in [0.4, 0.5) is 4.79 Å². The van der Waals surface area contributed by atoms with Gasteiger partial charge in [0.1, 0.15) is 0 Å². The van der Waals surface area contributed by atoms with Crippen molar-refractivity contribution in [3.8, 4) is 0 Å². The van der Waals surface area contributed by atoms with Gasteiger partial charge in [0.05, 0.1) is 0 Å². The highest BCUT2D eigenvalue weighted by Crippen LogP contribution is 1.71. The van der Waals surface area contributed by atoms with Crippen molar-refractivity contribution >= 4 is 11.9 Å². The van der Waals surface area contributed by atoms with Crippen LogP contribution < -0.4 is 16.8 Å². The van der Waals surface area contributed by atoms with Crippen LogP contribution in [0.2, 0.25) is 0 Å².